The van der Waals surface area contributed by atoms with E-state index in [1.54, 1.807) is 25.1 Å². The van der Waals surface area contributed by atoms with Crippen LogP contribution in [0.15, 0.2) is 52.2 Å². The van der Waals surface area contributed by atoms with Crippen molar-refractivity contribution in [3.63, 3.8) is 0 Å². The van der Waals surface area contributed by atoms with E-state index in [-0.39, 0.29) is 16.0 Å². The van der Waals surface area contributed by atoms with Crippen LogP contribution in [-0.2, 0) is 10.0 Å². The number of hydrogen-bond acceptors (Lipinski definition) is 4. The van der Waals surface area contributed by atoms with Crippen molar-refractivity contribution in [1.29, 1.82) is 0 Å². The van der Waals surface area contributed by atoms with Crippen LogP contribution in [0.2, 0.25) is 0 Å². The van der Waals surface area contributed by atoms with Gasteiger partial charge in [0, 0.05) is 43.8 Å². The van der Waals surface area contributed by atoms with Crippen molar-refractivity contribution in [2.45, 2.75) is 11.8 Å². The number of nitrogens with zero attached hydrogens (tertiary/aromatic N) is 2. The van der Waals surface area contributed by atoms with Gasteiger partial charge >= 0.3 is 0 Å². The number of H-pyrrole nitrogens is 1. The van der Waals surface area contributed by atoms with Gasteiger partial charge in [-0.25, -0.2) is 17.1 Å². The Kier molecular flexibility index (Phi) is 5.29. The maximum absolute atomic E-state index is 14.4. The second-order valence-corrected chi connectivity index (χ2v) is 8.99. The van der Waals surface area contributed by atoms with Gasteiger partial charge in [-0.05, 0) is 48.9 Å². The number of sulfonamides is 1. The lowest BCUT2D eigenvalue weighted by Gasteiger charge is -2.19. The summed E-state index contributed by atoms with van der Waals surface area (Å²) in [4.78, 5) is 28.3. The average Bonchev–Trinajstić information content (AvgIpc) is 2.66. The van der Waals surface area contributed by atoms with Crippen molar-refractivity contribution in [3.05, 3.63) is 69.8 Å². The molecule has 0 aliphatic carbocycles. The third kappa shape index (κ3) is 3.79. The quantitative estimate of drug-likeness (QED) is 0.706. The molecule has 3 rings (SSSR count). The average molecular weight is 417 g/mol. The molecule has 2 aromatic carbocycles. The fourth-order valence-electron chi connectivity index (χ4n) is 2.96. The Hall–Kier alpha value is -3.04. The first-order valence-electron chi connectivity index (χ1n) is 8.66. The molecule has 0 fully saturated rings. The van der Waals surface area contributed by atoms with Gasteiger partial charge in [-0.2, -0.15) is 0 Å². The zero-order valence-electron chi connectivity index (χ0n) is 16.4. The molecular weight excluding hydrogens is 397 g/mol. The number of pyridine rings is 1. The number of amides is 1. The highest BCUT2D eigenvalue weighted by Gasteiger charge is 2.23. The van der Waals surface area contributed by atoms with Crippen LogP contribution < -0.4 is 10.5 Å². The van der Waals surface area contributed by atoms with Crippen molar-refractivity contribution >= 4 is 32.5 Å². The highest BCUT2D eigenvalue weighted by Crippen LogP contribution is 2.25. The number of halogens is 1. The van der Waals surface area contributed by atoms with E-state index < -0.39 is 21.7 Å². The Morgan fingerprint density at radius 3 is 2.38 bits per heavy atom. The normalized spacial score (nSPS) is 11.8. The molecular formula is C20H20FN3O4S. The van der Waals surface area contributed by atoms with Crippen molar-refractivity contribution in [2.24, 2.45) is 0 Å². The van der Waals surface area contributed by atoms with Gasteiger partial charge in [-0.15, -0.1) is 0 Å². The molecule has 3 aromatic rings. The fourth-order valence-corrected chi connectivity index (χ4v) is 3.89. The van der Waals surface area contributed by atoms with Crippen LogP contribution in [0.25, 0.3) is 10.9 Å². The van der Waals surface area contributed by atoms with Crippen LogP contribution in [0.4, 0.5) is 10.1 Å². The predicted octanol–water partition coefficient (Wildman–Crippen LogP) is 2.50. The van der Waals surface area contributed by atoms with Gasteiger partial charge in [0.15, 0.2) is 0 Å². The molecule has 1 heterocycles. The van der Waals surface area contributed by atoms with Gasteiger partial charge in [0.05, 0.1) is 10.5 Å². The lowest BCUT2D eigenvalue weighted by atomic mass is 10.1. The Balaban J connectivity index is 2.05. The second-order valence-electron chi connectivity index (χ2n) is 6.84. The number of benzene rings is 2. The van der Waals surface area contributed by atoms with E-state index in [4.69, 9.17) is 0 Å². The molecule has 0 saturated carbocycles. The van der Waals surface area contributed by atoms with Gasteiger partial charge in [0.25, 0.3) is 5.91 Å². The minimum atomic E-state index is -3.82. The highest BCUT2D eigenvalue weighted by atomic mass is 32.2. The monoisotopic (exact) mass is 417 g/mol. The van der Waals surface area contributed by atoms with Crippen LogP contribution in [0.1, 0.15) is 15.9 Å². The van der Waals surface area contributed by atoms with Gasteiger partial charge < -0.3 is 9.88 Å². The van der Waals surface area contributed by atoms with Crippen molar-refractivity contribution in [1.82, 2.24) is 9.29 Å². The molecule has 0 radical (unpaired) electrons. The molecule has 0 atom stereocenters. The summed E-state index contributed by atoms with van der Waals surface area (Å²) in [5.41, 5.74) is 1.24. The van der Waals surface area contributed by atoms with Crippen LogP contribution >= 0.6 is 0 Å². The molecule has 1 N–H and O–H groups in total. The van der Waals surface area contributed by atoms with Crippen molar-refractivity contribution < 1.29 is 17.6 Å². The van der Waals surface area contributed by atoms with Crippen LogP contribution in [0.3, 0.4) is 0 Å². The molecule has 152 valence electrons. The first-order chi connectivity index (χ1) is 13.5. The number of rotatable bonds is 4. The molecule has 0 spiro atoms. The summed E-state index contributed by atoms with van der Waals surface area (Å²) in [7, 11) is 0.363. The van der Waals surface area contributed by atoms with E-state index in [2.05, 4.69) is 4.98 Å². The van der Waals surface area contributed by atoms with E-state index in [1.807, 2.05) is 0 Å². The Bertz CT molecular complexity index is 1280. The van der Waals surface area contributed by atoms with E-state index in [0.29, 0.717) is 11.2 Å². The van der Waals surface area contributed by atoms with Crippen LogP contribution in [0, 0.1) is 12.7 Å². The number of anilines is 1. The zero-order valence-corrected chi connectivity index (χ0v) is 17.2. The number of nitrogens with one attached hydrogen (secondary N) is 1. The lowest BCUT2D eigenvalue weighted by Crippen LogP contribution is -2.28. The summed E-state index contributed by atoms with van der Waals surface area (Å²) >= 11 is 0. The summed E-state index contributed by atoms with van der Waals surface area (Å²) in [6.07, 6.45) is 0. The Labute approximate surface area is 167 Å². The molecule has 1 aromatic heterocycles. The lowest BCUT2D eigenvalue weighted by molar-refractivity contribution is 0.0989. The number of fused-ring (bicyclic) bond motifs is 1. The molecule has 0 unspecified atom stereocenters. The second kappa shape index (κ2) is 7.41. The topological polar surface area (TPSA) is 90.5 Å². The van der Waals surface area contributed by atoms with Gasteiger partial charge in [-0.1, -0.05) is 0 Å². The Morgan fingerprint density at radius 2 is 1.72 bits per heavy atom. The van der Waals surface area contributed by atoms with Crippen molar-refractivity contribution in [3.8, 4) is 0 Å². The van der Waals surface area contributed by atoms with Crippen molar-refractivity contribution in [2.75, 3.05) is 26.0 Å². The molecule has 7 nitrogen and oxygen atoms in total. The molecule has 0 bridgehead atoms. The number of hydrogen-bond donors (Lipinski definition) is 1. The fraction of sp³-hybridized carbons (Fsp3) is 0.200. The number of carbonyl (C=O) groups is 1. The van der Waals surface area contributed by atoms with Crippen LogP contribution in [0.5, 0.6) is 0 Å². The molecule has 0 aliphatic rings. The summed E-state index contributed by atoms with van der Waals surface area (Å²) < 4.78 is 40.0. The molecule has 9 heteroatoms. The molecule has 1 amide bonds. The summed E-state index contributed by atoms with van der Waals surface area (Å²) in [6, 6.07) is 9.55. The number of carbonyl (C=O) groups excluding carboxylic acids is 1. The maximum Gasteiger partial charge on any atom is 0.261 e. The summed E-state index contributed by atoms with van der Waals surface area (Å²) in [6.45, 7) is 1.78. The third-order valence-electron chi connectivity index (χ3n) is 4.67. The van der Waals surface area contributed by atoms with Crippen LogP contribution in [-0.4, -0.2) is 44.8 Å². The molecule has 0 saturated heterocycles. The zero-order chi connectivity index (χ0) is 21.5. The molecule has 0 aliphatic heterocycles. The van der Waals surface area contributed by atoms with E-state index in [1.165, 1.54) is 32.1 Å². The first-order valence-corrected chi connectivity index (χ1v) is 10.1. The largest absolute Gasteiger partial charge is 0.322 e. The third-order valence-corrected chi connectivity index (χ3v) is 6.48. The van der Waals surface area contributed by atoms with E-state index >= 15 is 0 Å². The predicted molar refractivity (Wildman–Crippen MR) is 109 cm³/mol. The van der Waals surface area contributed by atoms with E-state index in [0.717, 1.165) is 33.5 Å². The summed E-state index contributed by atoms with van der Waals surface area (Å²) in [5, 5.41) is 0.742. The standard InChI is InChI=1S/C20H20FN3O4S/c1-12-9-19(25)22-18-8-5-13(10-15(12)18)24(4)20(26)16-11-14(6-7-17(16)21)29(27,28)23(2)3/h5-11H,1-4H3,(H,22,25). The van der Waals surface area contributed by atoms with Gasteiger partial charge in [-0.3, -0.25) is 9.59 Å². The Morgan fingerprint density at radius 1 is 1.03 bits per heavy atom. The van der Waals surface area contributed by atoms with Gasteiger partial charge in [0.1, 0.15) is 5.82 Å². The molecule has 29 heavy (non-hydrogen) atoms. The SMILES string of the molecule is Cc1cc(=O)[nH]c2ccc(N(C)C(=O)c3cc(S(=O)(=O)N(C)C)ccc3F)cc12. The van der Waals surface area contributed by atoms with Gasteiger partial charge in [0.2, 0.25) is 15.6 Å². The highest BCUT2D eigenvalue weighted by molar-refractivity contribution is 7.89. The van der Waals surface area contributed by atoms with E-state index in [9.17, 15) is 22.4 Å². The summed E-state index contributed by atoms with van der Waals surface area (Å²) in [5.74, 6) is -1.51. The number of aromatic amines is 1. The number of aryl methyl sites for hydroxylation is 1. The number of aromatic nitrogens is 1. The minimum absolute atomic E-state index is 0.174. The minimum Gasteiger partial charge on any atom is -0.322 e. The maximum atomic E-state index is 14.4. The first kappa shape index (κ1) is 20.7. The smallest absolute Gasteiger partial charge is 0.261 e.